The van der Waals surface area contributed by atoms with Gasteiger partial charge in [-0.15, -0.1) is 0 Å². The number of carbonyl (C=O) groups excluding carboxylic acids is 3. The van der Waals surface area contributed by atoms with Gasteiger partial charge in [0.1, 0.15) is 12.4 Å². The van der Waals surface area contributed by atoms with Crippen LogP contribution in [0.1, 0.15) is 17.3 Å². The maximum Gasteiger partial charge on any atom is 0.326 e. The monoisotopic (exact) mass is 412 g/mol. The van der Waals surface area contributed by atoms with Gasteiger partial charge in [-0.25, -0.2) is 4.39 Å². The number of hydrogen-bond acceptors (Lipinski definition) is 4. The van der Waals surface area contributed by atoms with Crippen LogP contribution in [-0.2, 0) is 14.3 Å². The summed E-state index contributed by atoms with van der Waals surface area (Å²) >= 11 is 11.7. The minimum atomic E-state index is -1.14. The molecule has 0 saturated carbocycles. The van der Waals surface area contributed by atoms with Crippen LogP contribution >= 0.6 is 23.2 Å². The number of esters is 1. The molecule has 0 bridgehead atoms. The zero-order valence-corrected chi connectivity index (χ0v) is 15.6. The first-order valence-electron chi connectivity index (χ1n) is 7.76. The van der Waals surface area contributed by atoms with Crippen molar-refractivity contribution in [1.29, 1.82) is 0 Å². The molecule has 9 heteroatoms. The second kappa shape index (κ2) is 9.34. The van der Waals surface area contributed by atoms with Crippen LogP contribution in [0.4, 0.5) is 10.1 Å². The number of rotatable bonds is 6. The molecule has 27 heavy (non-hydrogen) atoms. The van der Waals surface area contributed by atoms with Gasteiger partial charge >= 0.3 is 5.97 Å². The van der Waals surface area contributed by atoms with E-state index in [9.17, 15) is 18.8 Å². The quantitative estimate of drug-likeness (QED) is 0.711. The summed E-state index contributed by atoms with van der Waals surface area (Å²) < 4.78 is 18.4. The van der Waals surface area contributed by atoms with Gasteiger partial charge in [0, 0.05) is 5.02 Å². The third kappa shape index (κ3) is 5.94. The Labute approximate surface area is 164 Å². The van der Waals surface area contributed by atoms with Crippen molar-refractivity contribution < 1.29 is 23.5 Å². The molecule has 0 spiro atoms. The highest BCUT2D eigenvalue weighted by atomic mass is 35.5. The van der Waals surface area contributed by atoms with Crippen molar-refractivity contribution >= 4 is 46.7 Å². The summed E-state index contributed by atoms with van der Waals surface area (Å²) in [5, 5.41) is 5.36. The molecule has 0 aromatic heterocycles. The summed E-state index contributed by atoms with van der Waals surface area (Å²) in [4.78, 5) is 35.7. The van der Waals surface area contributed by atoms with Gasteiger partial charge in [-0.3, -0.25) is 14.4 Å². The van der Waals surface area contributed by atoms with E-state index in [0.29, 0.717) is 10.7 Å². The zero-order valence-electron chi connectivity index (χ0n) is 14.1. The molecule has 0 saturated heterocycles. The molecule has 0 aliphatic carbocycles. The summed E-state index contributed by atoms with van der Waals surface area (Å²) in [5.41, 5.74) is 0.107. The van der Waals surface area contributed by atoms with Crippen LogP contribution in [0.2, 0.25) is 10.0 Å². The molecule has 142 valence electrons. The number of halogens is 3. The molecule has 0 aliphatic heterocycles. The van der Waals surface area contributed by atoms with E-state index in [2.05, 4.69) is 10.6 Å². The van der Waals surface area contributed by atoms with Crippen LogP contribution < -0.4 is 10.6 Å². The molecular formula is C18H15Cl2FN2O4. The molecule has 0 heterocycles. The third-order valence-electron chi connectivity index (χ3n) is 3.38. The van der Waals surface area contributed by atoms with Crippen LogP contribution in [0.15, 0.2) is 42.5 Å². The standard InChI is InChI=1S/C18H15Cl2FN2O4/c1-10(17(25)23-15-7-6-11(19)8-13(15)20)27-16(24)9-22-18(26)12-4-2-3-5-14(12)21/h2-8,10H,9H2,1H3,(H,22,26)(H,23,25)/t10-/m0/s1. The SMILES string of the molecule is C[C@H](OC(=O)CNC(=O)c1ccccc1F)C(=O)Nc1ccc(Cl)cc1Cl. The molecule has 2 N–H and O–H groups in total. The molecule has 0 unspecified atom stereocenters. The second-order valence-electron chi connectivity index (χ2n) is 5.41. The summed E-state index contributed by atoms with van der Waals surface area (Å²) in [7, 11) is 0. The van der Waals surface area contributed by atoms with Gasteiger partial charge in [-0.05, 0) is 37.3 Å². The maximum atomic E-state index is 13.5. The Hall–Kier alpha value is -2.64. The molecule has 0 aliphatic rings. The number of ether oxygens (including phenoxy) is 1. The fraction of sp³-hybridized carbons (Fsp3) is 0.167. The van der Waals surface area contributed by atoms with E-state index in [1.807, 2.05) is 0 Å². The first-order valence-corrected chi connectivity index (χ1v) is 8.51. The van der Waals surface area contributed by atoms with E-state index in [1.54, 1.807) is 0 Å². The molecule has 1 atom stereocenters. The lowest BCUT2D eigenvalue weighted by atomic mass is 10.2. The van der Waals surface area contributed by atoms with Crippen LogP contribution in [0.5, 0.6) is 0 Å². The molecule has 0 fully saturated rings. The summed E-state index contributed by atoms with van der Waals surface area (Å²) in [5.74, 6) is -2.95. The van der Waals surface area contributed by atoms with Crippen molar-refractivity contribution in [3.05, 3.63) is 63.9 Å². The van der Waals surface area contributed by atoms with Gasteiger partial charge in [0.15, 0.2) is 6.10 Å². The van der Waals surface area contributed by atoms with E-state index in [0.717, 1.165) is 6.07 Å². The predicted molar refractivity (Wildman–Crippen MR) is 99.4 cm³/mol. The van der Waals surface area contributed by atoms with E-state index < -0.39 is 36.2 Å². The third-order valence-corrected chi connectivity index (χ3v) is 3.93. The van der Waals surface area contributed by atoms with Crippen molar-refractivity contribution in [3.63, 3.8) is 0 Å². The Bertz CT molecular complexity index is 876. The lowest BCUT2D eigenvalue weighted by molar-refractivity contribution is -0.152. The number of hydrogen-bond donors (Lipinski definition) is 2. The van der Waals surface area contributed by atoms with E-state index in [4.69, 9.17) is 27.9 Å². The Morgan fingerprint density at radius 1 is 1.15 bits per heavy atom. The summed E-state index contributed by atoms with van der Waals surface area (Å²) in [6, 6.07) is 9.83. The van der Waals surface area contributed by atoms with Crippen molar-refractivity contribution in [2.75, 3.05) is 11.9 Å². The first kappa shape index (κ1) is 20.7. The fourth-order valence-electron chi connectivity index (χ4n) is 2.01. The van der Waals surface area contributed by atoms with Crippen LogP contribution in [-0.4, -0.2) is 30.4 Å². The summed E-state index contributed by atoms with van der Waals surface area (Å²) in [6.07, 6.45) is -1.14. The molecule has 2 aromatic carbocycles. The largest absolute Gasteiger partial charge is 0.451 e. The van der Waals surface area contributed by atoms with Crippen LogP contribution in [0.25, 0.3) is 0 Å². The highest BCUT2D eigenvalue weighted by molar-refractivity contribution is 6.36. The summed E-state index contributed by atoms with van der Waals surface area (Å²) in [6.45, 7) is 0.836. The molecule has 6 nitrogen and oxygen atoms in total. The van der Waals surface area contributed by atoms with Crippen LogP contribution in [0.3, 0.4) is 0 Å². The zero-order chi connectivity index (χ0) is 20.0. The number of benzene rings is 2. The Morgan fingerprint density at radius 3 is 2.52 bits per heavy atom. The average molecular weight is 413 g/mol. The van der Waals surface area contributed by atoms with E-state index in [-0.39, 0.29) is 10.6 Å². The second-order valence-corrected chi connectivity index (χ2v) is 6.25. The van der Waals surface area contributed by atoms with Gasteiger partial charge < -0.3 is 15.4 Å². The van der Waals surface area contributed by atoms with Gasteiger partial charge in [0.05, 0.1) is 16.3 Å². The fourth-order valence-corrected chi connectivity index (χ4v) is 2.47. The topological polar surface area (TPSA) is 84.5 Å². The Balaban J connectivity index is 1.85. The van der Waals surface area contributed by atoms with Gasteiger partial charge in [0.2, 0.25) is 0 Å². The average Bonchev–Trinajstić information content (AvgIpc) is 2.62. The van der Waals surface area contributed by atoms with Gasteiger partial charge in [0.25, 0.3) is 11.8 Å². The smallest absolute Gasteiger partial charge is 0.326 e. The Kier molecular flexibility index (Phi) is 7.15. The first-order chi connectivity index (χ1) is 12.8. The van der Waals surface area contributed by atoms with Gasteiger partial charge in [-0.2, -0.15) is 0 Å². The minimum Gasteiger partial charge on any atom is -0.451 e. The molecule has 2 rings (SSSR count). The Morgan fingerprint density at radius 2 is 1.85 bits per heavy atom. The molecular weight excluding hydrogens is 398 g/mol. The number of nitrogens with one attached hydrogen (secondary N) is 2. The lowest BCUT2D eigenvalue weighted by Crippen LogP contribution is -2.36. The number of amides is 2. The maximum absolute atomic E-state index is 13.5. The van der Waals surface area contributed by atoms with Crippen molar-refractivity contribution in [2.24, 2.45) is 0 Å². The van der Waals surface area contributed by atoms with E-state index >= 15 is 0 Å². The molecule has 0 radical (unpaired) electrons. The lowest BCUT2D eigenvalue weighted by Gasteiger charge is -2.14. The van der Waals surface area contributed by atoms with Crippen molar-refractivity contribution in [1.82, 2.24) is 5.32 Å². The van der Waals surface area contributed by atoms with Crippen molar-refractivity contribution in [2.45, 2.75) is 13.0 Å². The van der Waals surface area contributed by atoms with Gasteiger partial charge in [-0.1, -0.05) is 35.3 Å². The number of anilines is 1. The highest BCUT2D eigenvalue weighted by Crippen LogP contribution is 2.25. The number of carbonyl (C=O) groups is 3. The normalized spacial score (nSPS) is 11.4. The highest BCUT2D eigenvalue weighted by Gasteiger charge is 2.20. The minimum absolute atomic E-state index is 0.200. The predicted octanol–water partition coefficient (Wildman–Crippen LogP) is 3.43. The molecule has 2 amide bonds. The van der Waals surface area contributed by atoms with Crippen molar-refractivity contribution in [3.8, 4) is 0 Å². The van der Waals surface area contributed by atoms with Crippen LogP contribution in [0, 0.1) is 5.82 Å². The molecule has 2 aromatic rings. The van der Waals surface area contributed by atoms with E-state index in [1.165, 1.54) is 43.3 Å².